The van der Waals surface area contributed by atoms with Gasteiger partial charge in [0, 0.05) is 14.2 Å². The lowest BCUT2D eigenvalue weighted by atomic mass is 10.4. The van der Waals surface area contributed by atoms with Crippen LogP contribution in [-0.2, 0) is 9.47 Å². The predicted octanol–water partition coefficient (Wildman–Crippen LogP) is 2.44. The van der Waals surface area contributed by atoms with Gasteiger partial charge in [-0.1, -0.05) is 0 Å². The van der Waals surface area contributed by atoms with E-state index in [-0.39, 0.29) is 0 Å². The molecule has 0 saturated carbocycles. The van der Waals surface area contributed by atoms with Crippen LogP contribution in [0.1, 0.15) is 0 Å². The van der Waals surface area contributed by atoms with Gasteiger partial charge in [-0.15, -0.1) is 0 Å². The maximum Gasteiger partial charge on any atom is 0.317 e. The topological polar surface area (TPSA) is 18.5 Å². The summed E-state index contributed by atoms with van der Waals surface area (Å²) in [5, 5.41) is 0. The third-order valence-electron chi connectivity index (χ3n) is 1.02. The van der Waals surface area contributed by atoms with Crippen LogP contribution in [0.2, 0.25) is 0 Å². The van der Waals surface area contributed by atoms with Crippen molar-refractivity contribution in [3.05, 3.63) is 0 Å². The molecule has 11 heavy (non-hydrogen) atoms. The van der Waals surface area contributed by atoms with Crippen LogP contribution in [0.3, 0.4) is 0 Å². The monoisotopic (exact) mass is 392 g/mol. The summed E-state index contributed by atoms with van der Waals surface area (Å²) in [7, 11) is 2.48. The van der Waals surface area contributed by atoms with Crippen molar-refractivity contribution in [1.82, 2.24) is 0 Å². The third-order valence-corrected chi connectivity index (χ3v) is 3.70. The molecule has 0 rings (SSSR count). The average molecular weight is 392 g/mol. The zero-order valence-corrected chi connectivity index (χ0v) is 10.3. The SMILES string of the molecule is COC(I)C(F)(F)C(I)OC. The molecule has 2 nitrogen and oxygen atoms in total. The van der Waals surface area contributed by atoms with E-state index in [1.807, 2.05) is 0 Å². The highest BCUT2D eigenvalue weighted by Gasteiger charge is 2.45. The Hall–Kier alpha value is 1.24. The Balaban J connectivity index is 4.18. The lowest BCUT2D eigenvalue weighted by molar-refractivity contribution is -0.123. The van der Waals surface area contributed by atoms with Crippen LogP contribution in [0.5, 0.6) is 0 Å². The van der Waals surface area contributed by atoms with E-state index in [1.165, 1.54) is 59.4 Å². The van der Waals surface area contributed by atoms with Gasteiger partial charge < -0.3 is 9.47 Å². The number of halogens is 4. The second kappa shape index (κ2) is 5.07. The number of ether oxygens (including phenoxy) is 2. The summed E-state index contributed by atoms with van der Waals surface area (Å²) >= 11 is 3.06. The first kappa shape index (κ1) is 12.2. The Bertz CT molecular complexity index is 111. The first-order valence-corrected chi connectivity index (χ1v) is 5.17. The van der Waals surface area contributed by atoms with E-state index < -0.39 is 14.1 Å². The van der Waals surface area contributed by atoms with Crippen molar-refractivity contribution < 1.29 is 18.3 Å². The zero-order valence-electron chi connectivity index (χ0n) is 5.98. The standard InChI is InChI=1S/C5H8F2I2O2/c1-10-3(8)5(6,7)4(9)11-2/h3-4H,1-2H3. The Morgan fingerprint density at radius 3 is 1.55 bits per heavy atom. The lowest BCUT2D eigenvalue weighted by Gasteiger charge is -2.24. The van der Waals surface area contributed by atoms with E-state index in [1.54, 1.807) is 0 Å². The molecule has 2 atom stereocenters. The van der Waals surface area contributed by atoms with Crippen LogP contribution in [0.4, 0.5) is 8.78 Å². The van der Waals surface area contributed by atoms with Crippen LogP contribution < -0.4 is 0 Å². The smallest absolute Gasteiger partial charge is 0.317 e. The molecule has 6 heteroatoms. The maximum absolute atomic E-state index is 12.9. The first-order valence-electron chi connectivity index (χ1n) is 2.68. The van der Waals surface area contributed by atoms with Crippen molar-refractivity contribution >= 4 is 45.2 Å². The summed E-state index contributed by atoms with van der Waals surface area (Å²) in [5.74, 6) is -2.95. The molecule has 0 spiro atoms. The van der Waals surface area contributed by atoms with Gasteiger partial charge in [0.05, 0.1) is 0 Å². The van der Waals surface area contributed by atoms with E-state index in [0.717, 1.165) is 0 Å². The maximum atomic E-state index is 12.9. The van der Waals surface area contributed by atoms with Crippen molar-refractivity contribution in [2.24, 2.45) is 0 Å². The number of alkyl halides is 4. The van der Waals surface area contributed by atoms with Crippen molar-refractivity contribution in [2.45, 2.75) is 14.1 Å². The van der Waals surface area contributed by atoms with Gasteiger partial charge in [-0.3, -0.25) is 0 Å². The minimum absolute atomic E-state index is 1.15. The average Bonchev–Trinajstić information content (AvgIpc) is 2.01. The number of rotatable bonds is 4. The first-order chi connectivity index (χ1) is 4.96. The second-order valence-corrected chi connectivity index (χ2v) is 4.04. The highest BCUT2D eigenvalue weighted by molar-refractivity contribution is 14.1. The van der Waals surface area contributed by atoms with E-state index in [4.69, 9.17) is 0 Å². The van der Waals surface area contributed by atoms with Crippen molar-refractivity contribution in [3.63, 3.8) is 0 Å². The Kier molecular flexibility index (Phi) is 5.65. The molecule has 0 radical (unpaired) electrons. The van der Waals surface area contributed by atoms with Crippen LogP contribution >= 0.6 is 45.2 Å². The van der Waals surface area contributed by atoms with Gasteiger partial charge in [0.2, 0.25) is 0 Å². The molecule has 0 heterocycles. The summed E-state index contributed by atoms with van der Waals surface area (Å²) in [6, 6.07) is 0. The molecule has 0 aliphatic heterocycles. The summed E-state index contributed by atoms with van der Waals surface area (Å²) in [5.41, 5.74) is 0. The van der Waals surface area contributed by atoms with E-state index in [0.29, 0.717) is 0 Å². The molecule has 0 aromatic heterocycles. The fraction of sp³-hybridized carbons (Fsp3) is 1.00. The van der Waals surface area contributed by atoms with Gasteiger partial charge in [-0.2, -0.15) is 8.78 Å². The fourth-order valence-electron chi connectivity index (χ4n) is 0.417. The van der Waals surface area contributed by atoms with E-state index in [9.17, 15) is 8.78 Å². The molecule has 0 N–H and O–H groups in total. The molecule has 0 aromatic carbocycles. The number of hydrogen-bond donors (Lipinski definition) is 0. The summed E-state index contributed by atoms with van der Waals surface area (Å²) in [6.07, 6.45) is 0. The molecule has 0 aromatic rings. The van der Waals surface area contributed by atoms with Gasteiger partial charge in [0.15, 0.2) is 8.22 Å². The van der Waals surface area contributed by atoms with Crippen LogP contribution in [0, 0.1) is 0 Å². The molecule has 0 saturated heterocycles. The third kappa shape index (κ3) is 3.23. The quantitative estimate of drug-likeness (QED) is 0.541. The molecular formula is C5H8F2I2O2. The Morgan fingerprint density at radius 1 is 1.09 bits per heavy atom. The Morgan fingerprint density at radius 2 is 1.36 bits per heavy atom. The molecule has 68 valence electrons. The number of hydrogen-bond acceptors (Lipinski definition) is 2. The fourth-order valence-corrected chi connectivity index (χ4v) is 1.76. The highest BCUT2D eigenvalue weighted by atomic mass is 127. The minimum atomic E-state index is -2.95. The molecule has 0 amide bonds. The van der Waals surface area contributed by atoms with E-state index in [2.05, 4.69) is 9.47 Å². The van der Waals surface area contributed by atoms with Gasteiger partial charge in [-0.05, 0) is 45.2 Å². The van der Waals surface area contributed by atoms with Gasteiger partial charge in [0.25, 0.3) is 0 Å². The van der Waals surface area contributed by atoms with Gasteiger partial charge in [0.1, 0.15) is 0 Å². The summed E-state index contributed by atoms with van der Waals surface area (Å²) in [6.45, 7) is 0. The van der Waals surface area contributed by atoms with Gasteiger partial charge >= 0.3 is 5.92 Å². The minimum Gasteiger partial charge on any atom is -0.365 e. The molecule has 0 fully saturated rings. The summed E-state index contributed by atoms with van der Waals surface area (Å²) < 4.78 is 32.6. The Labute approximate surface area is 91.3 Å². The van der Waals surface area contributed by atoms with Gasteiger partial charge in [-0.25, -0.2) is 0 Å². The normalized spacial score (nSPS) is 18.0. The second-order valence-electron chi connectivity index (χ2n) is 1.78. The molecule has 0 aliphatic carbocycles. The van der Waals surface area contributed by atoms with Crippen molar-refractivity contribution in [3.8, 4) is 0 Å². The van der Waals surface area contributed by atoms with Crippen molar-refractivity contribution in [1.29, 1.82) is 0 Å². The van der Waals surface area contributed by atoms with Crippen LogP contribution in [0.15, 0.2) is 0 Å². The molecule has 0 bridgehead atoms. The number of methoxy groups -OCH3 is 2. The largest absolute Gasteiger partial charge is 0.365 e. The summed E-state index contributed by atoms with van der Waals surface area (Å²) in [4.78, 5) is 0. The highest BCUT2D eigenvalue weighted by Crippen LogP contribution is 2.34. The molecule has 0 aliphatic rings. The zero-order chi connectivity index (χ0) is 9.07. The van der Waals surface area contributed by atoms with Crippen LogP contribution in [-0.4, -0.2) is 28.4 Å². The lowest BCUT2D eigenvalue weighted by Crippen LogP contribution is -2.39. The molecule has 2 unspecified atom stereocenters. The van der Waals surface area contributed by atoms with Crippen molar-refractivity contribution in [2.75, 3.05) is 14.2 Å². The van der Waals surface area contributed by atoms with E-state index >= 15 is 0 Å². The predicted molar refractivity (Wildman–Crippen MR) is 54.6 cm³/mol. The molecular weight excluding hydrogens is 384 g/mol. The van der Waals surface area contributed by atoms with Crippen LogP contribution in [0.25, 0.3) is 0 Å².